The summed E-state index contributed by atoms with van der Waals surface area (Å²) in [4.78, 5) is 28.4. The van der Waals surface area contributed by atoms with Gasteiger partial charge in [-0.1, -0.05) is 55.5 Å². The SMILES string of the molecule is CB(O)N[C@@H](C(=O)NCC1OCC(NC(=O)OCc2ccccc2)CO1)[C@@H](C)c1c[nH]c2ccccc12. The summed E-state index contributed by atoms with van der Waals surface area (Å²) in [5, 5.41) is 19.5. The van der Waals surface area contributed by atoms with Gasteiger partial charge in [0.2, 0.25) is 5.91 Å². The van der Waals surface area contributed by atoms with Crippen LogP contribution in [0.3, 0.4) is 0 Å². The van der Waals surface area contributed by atoms with E-state index in [1.807, 2.05) is 67.7 Å². The Hall–Kier alpha value is -3.38. The van der Waals surface area contributed by atoms with Crippen molar-refractivity contribution in [3.8, 4) is 0 Å². The van der Waals surface area contributed by atoms with Crippen molar-refractivity contribution in [1.82, 2.24) is 20.8 Å². The van der Waals surface area contributed by atoms with Crippen LogP contribution in [-0.4, -0.2) is 67.2 Å². The van der Waals surface area contributed by atoms with E-state index >= 15 is 0 Å². The highest BCUT2D eigenvalue weighted by atomic mass is 16.7. The summed E-state index contributed by atoms with van der Waals surface area (Å²) in [5.74, 6) is -0.509. The number of para-hydroxylation sites is 1. The molecule has 37 heavy (non-hydrogen) atoms. The molecule has 1 aliphatic heterocycles. The van der Waals surface area contributed by atoms with E-state index in [1.165, 1.54) is 0 Å². The van der Waals surface area contributed by atoms with Crippen LogP contribution in [0.4, 0.5) is 4.79 Å². The molecule has 0 bridgehead atoms. The predicted molar refractivity (Wildman–Crippen MR) is 140 cm³/mol. The number of aromatic amines is 1. The molecule has 2 amide bonds. The zero-order valence-electron chi connectivity index (χ0n) is 21.0. The Balaban J connectivity index is 1.24. The van der Waals surface area contributed by atoms with Crippen molar-refractivity contribution >= 4 is 30.0 Å². The fraction of sp³-hybridized carbons (Fsp3) is 0.385. The lowest BCUT2D eigenvalue weighted by atomic mass is 9.82. The first kappa shape index (κ1) is 26.7. The quantitative estimate of drug-likeness (QED) is 0.265. The van der Waals surface area contributed by atoms with Gasteiger partial charge in [0.15, 0.2) is 6.29 Å². The summed E-state index contributed by atoms with van der Waals surface area (Å²) in [6, 6.07) is 16.2. The minimum absolute atomic E-state index is 0.128. The Morgan fingerprint density at radius 2 is 1.84 bits per heavy atom. The number of alkyl carbamates (subject to hydrolysis) is 1. The number of ether oxygens (including phenoxy) is 3. The molecule has 10 nitrogen and oxygen atoms in total. The van der Waals surface area contributed by atoms with Crippen LogP contribution in [0, 0.1) is 0 Å². The molecule has 2 aromatic carbocycles. The number of hydrogen-bond donors (Lipinski definition) is 5. The predicted octanol–water partition coefficient (Wildman–Crippen LogP) is 2.12. The first-order valence-corrected chi connectivity index (χ1v) is 12.4. The standard InChI is InChI=1S/C26H33BN4O6/c1-17(21-12-28-22-11-7-6-10-20(21)22)24(31-27(2)34)25(32)29-13-23-35-15-19(16-36-23)30-26(33)37-14-18-8-4-3-5-9-18/h3-12,17,19,23-24,28,31,34H,13-16H2,1-2H3,(H,29,32)(H,30,33)/t17-,19?,23?,24+/m0/s1. The van der Waals surface area contributed by atoms with Crippen molar-refractivity contribution in [3.05, 3.63) is 71.9 Å². The lowest BCUT2D eigenvalue weighted by molar-refractivity contribution is -0.186. The topological polar surface area (TPSA) is 134 Å². The Morgan fingerprint density at radius 3 is 2.57 bits per heavy atom. The lowest BCUT2D eigenvalue weighted by Crippen LogP contribution is -2.54. The van der Waals surface area contributed by atoms with Gasteiger partial charge in [-0.15, -0.1) is 0 Å². The van der Waals surface area contributed by atoms with Crippen LogP contribution in [0.15, 0.2) is 60.8 Å². The summed E-state index contributed by atoms with van der Waals surface area (Å²) in [6.45, 7) is 4.27. The highest BCUT2D eigenvalue weighted by molar-refractivity contribution is 6.46. The van der Waals surface area contributed by atoms with E-state index in [9.17, 15) is 14.6 Å². The van der Waals surface area contributed by atoms with E-state index in [4.69, 9.17) is 14.2 Å². The number of amides is 2. The third-order valence-electron chi connectivity index (χ3n) is 6.26. The van der Waals surface area contributed by atoms with Gasteiger partial charge in [-0.3, -0.25) is 4.79 Å². The molecule has 3 aromatic rings. The Morgan fingerprint density at radius 1 is 1.14 bits per heavy atom. The van der Waals surface area contributed by atoms with Crippen LogP contribution in [0.25, 0.3) is 10.9 Å². The molecule has 1 aliphatic rings. The van der Waals surface area contributed by atoms with Crippen molar-refractivity contribution < 1.29 is 28.8 Å². The third-order valence-corrected chi connectivity index (χ3v) is 6.26. The van der Waals surface area contributed by atoms with Gasteiger partial charge in [0.05, 0.1) is 31.8 Å². The molecule has 0 radical (unpaired) electrons. The van der Waals surface area contributed by atoms with Gasteiger partial charge in [-0.25, -0.2) is 4.79 Å². The second-order valence-electron chi connectivity index (χ2n) is 9.14. The smallest absolute Gasteiger partial charge is 0.407 e. The Kier molecular flexibility index (Phi) is 9.18. The second kappa shape index (κ2) is 12.7. The molecule has 1 saturated heterocycles. The second-order valence-corrected chi connectivity index (χ2v) is 9.14. The number of H-pyrrole nitrogens is 1. The van der Waals surface area contributed by atoms with E-state index in [0.29, 0.717) is 0 Å². The zero-order chi connectivity index (χ0) is 26.2. The monoisotopic (exact) mass is 508 g/mol. The van der Waals surface area contributed by atoms with Crippen molar-refractivity contribution in [2.24, 2.45) is 0 Å². The van der Waals surface area contributed by atoms with Gasteiger partial charge in [0.25, 0.3) is 0 Å². The Bertz CT molecular complexity index is 1170. The van der Waals surface area contributed by atoms with Crippen molar-refractivity contribution in [2.45, 2.75) is 44.6 Å². The molecule has 0 spiro atoms. The fourth-order valence-corrected chi connectivity index (χ4v) is 4.33. The van der Waals surface area contributed by atoms with Gasteiger partial charge in [0, 0.05) is 23.0 Å². The van der Waals surface area contributed by atoms with Crippen molar-refractivity contribution in [2.75, 3.05) is 19.8 Å². The zero-order valence-corrected chi connectivity index (χ0v) is 21.0. The van der Waals surface area contributed by atoms with E-state index in [-0.39, 0.29) is 44.2 Å². The molecule has 1 fully saturated rings. The van der Waals surface area contributed by atoms with E-state index in [1.54, 1.807) is 6.82 Å². The number of rotatable bonds is 10. The summed E-state index contributed by atoms with van der Waals surface area (Å²) < 4.78 is 16.6. The highest BCUT2D eigenvalue weighted by Crippen LogP contribution is 2.28. The average molecular weight is 508 g/mol. The number of benzene rings is 2. The molecule has 5 N–H and O–H groups in total. The molecular formula is C26H33BN4O6. The molecule has 0 saturated carbocycles. The van der Waals surface area contributed by atoms with Crippen LogP contribution in [0.5, 0.6) is 0 Å². The van der Waals surface area contributed by atoms with Gasteiger partial charge >= 0.3 is 13.1 Å². The van der Waals surface area contributed by atoms with Crippen molar-refractivity contribution in [3.63, 3.8) is 0 Å². The average Bonchev–Trinajstić information content (AvgIpc) is 3.34. The van der Waals surface area contributed by atoms with Crippen molar-refractivity contribution in [1.29, 1.82) is 0 Å². The summed E-state index contributed by atoms with van der Waals surface area (Å²) in [6.07, 6.45) is 0.689. The third kappa shape index (κ3) is 7.33. The van der Waals surface area contributed by atoms with Crippen LogP contribution >= 0.6 is 0 Å². The van der Waals surface area contributed by atoms with Crippen LogP contribution in [-0.2, 0) is 25.6 Å². The molecular weight excluding hydrogens is 475 g/mol. The molecule has 11 heteroatoms. The summed E-state index contributed by atoms with van der Waals surface area (Å²) >= 11 is 0. The van der Waals surface area contributed by atoms with Gasteiger partial charge < -0.3 is 40.1 Å². The first-order chi connectivity index (χ1) is 17.9. The van der Waals surface area contributed by atoms with Gasteiger partial charge in [0.1, 0.15) is 6.61 Å². The number of aromatic nitrogens is 1. The molecule has 196 valence electrons. The first-order valence-electron chi connectivity index (χ1n) is 12.4. The summed E-state index contributed by atoms with van der Waals surface area (Å²) in [7, 11) is -0.876. The minimum Gasteiger partial charge on any atom is -0.445 e. The molecule has 0 aliphatic carbocycles. The normalized spacial score (nSPS) is 19.1. The number of nitrogens with one attached hydrogen (secondary N) is 4. The Labute approximate surface area is 216 Å². The summed E-state index contributed by atoms with van der Waals surface area (Å²) in [5.41, 5.74) is 2.85. The molecule has 2 atom stereocenters. The highest BCUT2D eigenvalue weighted by Gasteiger charge is 2.31. The van der Waals surface area contributed by atoms with E-state index in [2.05, 4.69) is 20.8 Å². The number of fused-ring (bicyclic) bond motifs is 1. The van der Waals surface area contributed by atoms with Crippen LogP contribution in [0.2, 0.25) is 6.82 Å². The van der Waals surface area contributed by atoms with Crippen LogP contribution in [0.1, 0.15) is 24.0 Å². The minimum atomic E-state index is -0.876. The fourth-order valence-electron chi connectivity index (χ4n) is 4.33. The molecule has 0 unspecified atom stereocenters. The molecule has 2 heterocycles. The van der Waals surface area contributed by atoms with E-state index < -0.39 is 25.5 Å². The number of carbonyl (C=O) groups is 2. The largest absolute Gasteiger partial charge is 0.445 e. The lowest BCUT2D eigenvalue weighted by Gasteiger charge is -2.31. The maximum atomic E-state index is 13.1. The van der Waals surface area contributed by atoms with Gasteiger partial charge in [-0.05, 0) is 24.0 Å². The molecule has 1 aromatic heterocycles. The van der Waals surface area contributed by atoms with E-state index in [0.717, 1.165) is 22.0 Å². The van der Waals surface area contributed by atoms with Gasteiger partial charge in [-0.2, -0.15) is 0 Å². The molecule has 4 rings (SSSR count). The number of hydrogen-bond acceptors (Lipinski definition) is 7. The maximum absolute atomic E-state index is 13.1. The number of carbonyl (C=O) groups excluding carboxylic acids is 2. The van der Waals surface area contributed by atoms with Crippen LogP contribution < -0.4 is 15.9 Å². The maximum Gasteiger partial charge on any atom is 0.407 e.